The number of halogens is 2. The average molecular weight is 550 g/mol. The van der Waals surface area contributed by atoms with Gasteiger partial charge in [0.2, 0.25) is 0 Å². The van der Waals surface area contributed by atoms with Crippen LogP contribution in [0.2, 0.25) is 5.02 Å². The molecule has 4 rings (SSSR count). The number of ether oxygens (including phenoxy) is 1. The first-order valence-corrected chi connectivity index (χ1v) is 12.9. The maximum atomic E-state index is 12.9. The van der Waals surface area contributed by atoms with Gasteiger partial charge in [-0.15, -0.1) is 0 Å². The number of sulfonamides is 1. The molecule has 3 aromatic carbocycles. The van der Waals surface area contributed by atoms with E-state index in [2.05, 4.69) is 20.7 Å². The standard InChI is InChI=1S/C24H22BrClN2O4S/c1-15-11-21(33(30,31)27-20-6-4-19(26)5-7-20)8-10-23(15)32-14-24(29)28-16(2)12-17-13-18(25)3-9-22(17)28/h3-11,13,16,27H,12,14H2,1-2H3/t16-/m0/s1. The summed E-state index contributed by atoms with van der Waals surface area (Å²) in [6, 6.07) is 16.8. The molecular formula is C24H22BrClN2O4S. The van der Waals surface area contributed by atoms with Crippen LogP contribution in [0, 0.1) is 6.92 Å². The predicted octanol–water partition coefficient (Wildman–Crippen LogP) is 5.57. The first kappa shape index (κ1) is 23.6. The molecule has 1 aliphatic heterocycles. The maximum absolute atomic E-state index is 12.9. The van der Waals surface area contributed by atoms with Crippen LogP contribution in [0.4, 0.5) is 11.4 Å². The molecule has 6 nitrogen and oxygen atoms in total. The predicted molar refractivity (Wildman–Crippen MR) is 134 cm³/mol. The highest BCUT2D eigenvalue weighted by Gasteiger charge is 2.31. The molecule has 0 saturated heterocycles. The van der Waals surface area contributed by atoms with Crippen molar-refractivity contribution in [1.82, 2.24) is 0 Å². The SMILES string of the molecule is Cc1cc(S(=O)(=O)Nc2ccc(Cl)cc2)ccc1OCC(=O)N1c2ccc(Br)cc2C[C@@H]1C. The van der Waals surface area contributed by atoms with Crippen molar-refractivity contribution in [1.29, 1.82) is 0 Å². The highest BCUT2D eigenvalue weighted by Crippen LogP contribution is 2.34. The van der Waals surface area contributed by atoms with E-state index in [1.54, 1.807) is 42.2 Å². The summed E-state index contributed by atoms with van der Waals surface area (Å²) in [7, 11) is -3.78. The first-order chi connectivity index (χ1) is 15.6. The van der Waals surface area contributed by atoms with E-state index in [0.717, 1.165) is 22.1 Å². The summed E-state index contributed by atoms with van der Waals surface area (Å²) in [5, 5.41) is 0.518. The molecule has 0 bridgehead atoms. The second kappa shape index (κ2) is 9.37. The Bertz CT molecular complexity index is 1310. The zero-order valence-corrected chi connectivity index (χ0v) is 21.2. The van der Waals surface area contributed by atoms with E-state index in [-0.39, 0.29) is 23.5 Å². The zero-order valence-electron chi connectivity index (χ0n) is 18.0. The topological polar surface area (TPSA) is 75.7 Å². The van der Waals surface area contributed by atoms with Gasteiger partial charge in [0.25, 0.3) is 15.9 Å². The summed E-state index contributed by atoms with van der Waals surface area (Å²) in [4.78, 5) is 14.8. The number of rotatable bonds is 6. The van der Waals surface area contributed by atoms with Gasteiger partial charge in [-0.25, -0.2) is 8.42 Å². The van der Waals surface area contributed by atoms with E-state index >= 15 is 0 Å². The van der Waals surface area contributed by atoms with Crippen LogP contribution >= 0.6 is 27.5 Å². The quantitative estimate of drug-likeness (QED) is 0.436. The Kier molecular flexibility index (Phi) is 6.70. The molecule has 1 amide bonds. The van der Waals surface area contributed by atoms with Crippen molar-refractivity contribution in [2.75, 3.05) is 16.2 Å². The fourth-order valence-electron chi connectivity index (χ4n) is 3.87. The lowest BCUT2D eigenvalue weighted by molar-refractivity contribution is -0.120. The van der Waals surface area contributed by atoms with Crippen molar-refractivity contribution in [3.05, 3.63) is 81.3 Å². The monoisotopic (exact) mass is 548 g/mol. The normalized spacial score (nSPS) is 15.3. The van der Waals surface area contributed by atoms with E-state index in [9.17, 15) is 13.2 Å². The van der Waals surface area contributed by atoms with E-state index in [1.807, 2.05) is 25.1 Å². The molecule has 1 atom stereocenters. The summed E-state index contributed by atoms with van der Waals surface area (Å²) in [6.45, 7) is 3.60. The summed E-state index contributed by atoms with van der Waals surface area (Å²) >= 11 is 9.32. The molecule has 1 heterocycles. The Balaban J connectivity index is 1.45. The molecule has 0 unspecified atom stereocenters. The first-order valence-electron chi connectivity index (χ1n) is 10.3. The number of hydrogen-bond donors (Lipinski definition) is 1. The largest absolute Gasteiger partial charge is 0.483 e. The number of amides is 1. The third-order valence-corrected chi connectivity index (χ3v) is 7.55. The summed E-state index contributed by atoms with van der Waals surface area (Å²) in [5.74, 6) is 0.306. The molecule has 0 aliphatic carbocycles. The average Bonchev–Trinajstić information content (AvgIpc) is 3.08. The minimum absolute atomic E-state index is 0.0398. The Labute approximate surface area is 206 Å². The Morgan fingerprint density at radius 1 is 1.15 bits per heavy atom. The molecule has 0 saturated carbocycles. The van der Waals surface area contributed by atoms with Crippen LogP contribution in [0.5, 0.6) is 5.75 Å². The van der Waals surface area contributed by atoms with Gasteiger partial charge in [-0.2, -0.15) is 0 Å². The number of carbonyl (C=O) groups is 1. The fraction of sp³-hybridized carbons (Fsp3) is 0.208. The molecule has 0 fully saturated rings. The van der Waals surface area contributed by atoms with Crippen molar-refractivity contribution < 1.29 is 17.9 Å². The second-order valence-corrected chi connectivity index (χ2v) is 11.0. The number of nitrogens with zero attached hydrogens (tertiary/aromatic N) is 1. The molecule has 1 aliphatic rings. The zero-order chi connectivity index (χ0) is 23.8. The van der Waals surface area contributed by atoms with Crippen molar-refractivity contribution in [2.24, 2.45) is 0 Å². The minimum Gasteiger partial charge on any atom is -0.483 e. The smallest absolute Gasteiger partial charge is 0.265 e. The molecule has 9 heteroatoms. The third kappa shape index (κ3) is 5.18. The van der Waals surface area contributed by atoms with Crippen molar-refractivity contribution in [2.45, 2.75) is 31.2 Å². The van der Waals surface area contributed by atoms with Crippen molar-refractivity contribution in [3.63, 3.8) is 0 Å². The van der Waals surface area contributed by atoms with Crippen LogP contribution in [-0.2, 0) is 21.2 Å². The van der Waals surface area contributed by atoms with Gasteiger partial charge in [-0.3, -0.25) is 9.52 Å². The van der Waals surface area contributed by atoms with E-state index in [0.29, 0.717) is 22.0 Å². The number of anilines is 2. The maximum Gasteiger partial charge on any atom is 0.265 e. The Morgan fingerprint density at radius 2 is 1.88 bits per heavy atom. The highest BCUT2D eigenvalue weighted by molar-refractivity contribution is 9.10. The van der Waals surface area contributed by atoms with E-state index in [4.69, 9.17) is 16.3 Å². The van der Waals surface area contributed by atoms with Crippen LogP contribution in [0.25, 0.3) is 0 Å². The van der Waals surface area contributed by atoms with Crippen LogP contribution in [0.3, 0.4) is 0 Å². The fourth-order valence-corrected chi connectivity index (χ4v) is 5.55. The highest BCUT2D eigenvalue weighted by atomic mass is 79.9. The van der Waals surface area contributed by atoms with E-state index in [1.165, 1.54) is 12.1 Å². The lowest BCUT2D eigenvalue weighted by atomic mass is 10.1. The lowest BCUT2D eigenvalue weighted by Crippen LogP contribution is -2.39. The molecule has 172 valence electrons. The van der Waals surface area contributed by atoms with Gasteiger partial charge in [0.15, 0.2) is 6.61 Å². The van der Waals surface area contributed by atoms with Gasteiger partial charge in [-0.1, -0.05) is 27.5 Å². The van der Waals surface area contributed by atoms with Gasteiger partial charge >= 0.3 is 0 Å². The number of benzene rings is 3. The molecule has 0 radical (unpaired) electrons. The van der Waals surface area contributed by atoms with Gasteiger partial charge in [0.1, 0.15) is 5.75 Å². The molecule has 3 aromatic rings. The second-order valence-electron chi connectivity index (χ2n) is 7.92. The van der Waals surface area contributed by atoms with Crippen LogP contribution in [-0.4, -0.2) is 27.0 Å². The van der Waals surface area contributed by atoms with Gasteiger partial charge in [0, 0.05) is 26.9 Å². The van der Waals surface area contributed by atoms with Crippen LogP contribution in [0.1, 0.15) is 18.1 Å². The van der Waals surface area contributed by atoms with Crippen molar-refractivity contribution >= 4 is 54.8 Å². The Hall–Kier alpha value is -2.55. The molecular weight excluding hydrogens is 528 g/mol. The molecule has 0 spiro atoms. The lowest BCUT2D eigenvalue weighted by Gasteiger charge is -2.23. The minimum atomic E-state index is -3.78. The Morgan fingerprint density at radius 3 is 2.58 bits per heavy atom. The number of nitrogens with one attached hydrogen (secondary N) is 1. The number of hydrogen-bond acceptors (Lipinski definition) is 4. The van der Waals surface area contributed by atoms with Crippen LogP contribution < -0.4 is 14.4 Å². The number of carbonyl (C=O) groups excluding carboxylic acids is 1. The summed E-state index contributed by atoms with van der Waals surface area (Å²) in [6.07, 6.45) is 0.784. The number of fused-ring (bicyclic) bond motifs is 1. The van der Waals surface area contributed by atoms with Gasteiger partial charge in [0.05, 0.1) is 4.90 Å². The van der Waals surface area contributed by atoms with Crippen LogP contribution in [0.15, 0.2) is 70.0 Å². The molecule has 1 N–H and O–H groups in total. The third-order valence-electron chi connectivity index (χ3n) is 5.43. The van der Waals surface area contributed by atoms with Gasteiger partial charge in [-0.05, 0) is 92.1 Å². The van der Waals surface area contributed by atoms with Crippen molar-refractivity contribution in [3.8, 4) is 5.75 Å². The molecule has 33 heavy (non-hydrogen) atoms. The summed E-state index contributed by atoms with van der Waals surface area (Å²) < 4.78 is 34.7. The summed E-state index contributed by atoms with van der Waals surface area (Å²) in [5.41, 5.74) is 3.03. The van der Waals surface area contributed by atoms with E-state index < -0.39 is 10.0 Å². The number of aryl methyl sites for hydroxylation is 1. The molecule has 0 aromatic heterocycles. The van der Waals surface area contributed by atoms with Gasteiger partial charge < -0.3 is 9.64 Å².